The Bertz CT molecular complexity index is 1020. The number of rotatable bonds is 9. The largest absolute Gasteiger partial charge is 0.492 e. The number of carboxylic acid groups (broad SMARTS) is 1. The molecule has 0 bridgehead atoms. The summed E-state index contributed by atoms with van der Waals surface area (Å²) in [7, 11) is 0. The van der Waals surface area contributed by atoms with Crippen LogP contribution in [0, 0.1) is 5.41 Å². The molecule has 0 radical (unpaired) electrons. The van der Waals surface area contributed by atoms with Crippen LogP contribution in [-0.2, 0) is 11.2 Å². The maximum absolute atomic E-state index is 11.9. The summed E-state index contributed by atoms with van der Waals surface area (Å²) >= 11 is 0. The van der Waals surface area contributed by atoms with Crippen LogP contribution in [-0.4, -0.2) is 29.6 Å². The number of nitrogens with one attached hydrogen (secondary N) is 1. The van der Waals surface area contributed by atoms with Gasteiger partial charge in [-0.3, -0.25) is 10.2 Å². The molecule has 0 aliphatic carbocycles. The van der Waals surface area contributed by atoms with Crippen LogP contribution in [0.15, 0.2) is 52.9 Å². The summed E-state index contributed by atoms with van der Waals surface area (Å²) in [6, 6.07) is 14.0. The zero-order valence-electron chi connectivity index (χ0n) is 17.0. The van der Waals surface area contributed by atoms with E-state index < -0.39 is 11.9 Å². The van der Waals surface area contributed by atoms with E-state index in [1.54, 1.807) is 48.5 Å². The Morgan fingerprint density at radius 1 is 1.16 bits per heavy atom. The van der Waals surface area contributed by atoms with Crippen LogP contribution in [0.5, 0.6) is 5.75 Å². The van der Waals surface area contributed by atoms with Crippen LogP contribution in [0.1, 0.15) is 36.1 Å². The molecule has 0 aliphatic rings. The van der Waals surface area contributed by atoms with Gasteiger partial charge in [-0.05, 0) is 48.4 Å². The van der Waals surface area contributed by atoms with Gasteiger partial charge in [0.15, 0.2) is 0 Å². The van der Waals surface area contributed by atoms with Crippen LogP contribution in [0.25, 0.3) is 11.0 Å². The Balaban J connectivity index is 0.00000240. The van der Waals surface area contributed by atoms with Gasteiger partial charge in [0.1, 0.15) is 29.5 Å². The molecule has 7 nitrogen and oxygen atoms in total. The average molecular weight is 468 g/mol. The first kappa shape index (κ1) is 26.3. The van der Waals surface area contributed by atoms with Crippen molar-refractivity contribution in [1.29, 1.82) is 5.41 Å². The first-order chi connectivity index (χ1) is 13.9. The van der Waals surface area contributed by atoms with Gasteiger partial charge in [-0.25, -0.2) is 0 Å². The summed E-state index contributed by atoms with van der Waals surface area (Å²) in [6.45, 7) is 2.41. The molecule has 168 valence electrons. The van der Waals surface area contributed by atoms with Gasteiger partial charge in [0, 0.05) is 23.4 Å². The van der Waals surface area contributed by atoms with Gasteiger partial charge < -0.3 is 25.7 Å². The van der Waals surface area contributed by atoms with E-state index in [1.807, 2.05) is 6.92 Å². The molecule has 0 amide bonds. The number of carbonyl (C=O) groups is 1. The van der Waals surface area contributed by atoms with Crippen molar-refractivity contribution >= 4 is 47.6 Å². The maximum Gasteiger partial charge on any atom is 0.311 e. The second kappa shape index (κ2) is 11.6. The summed E-state index contributed by atoms with van der Waals surface area (Å²) in [5.74, 6) is -0.503. The zero-order valence-corrected chi connectivity index (χ0v) is 18.7. The first-order valence-corrected chi connectivity index (χ1v) is 9.45. The summed E-state index contributed by atoms with van der Waals surface area (Å²) in [6.07, 6.45) is 1.03. The predicted molar refractivity (Wildman–Crippen MR) is 126 cm³/mol. The standard InChI is InChI=1S/C22H25N3O4.2ClH/c1-2-16(23)12-28-17-6-3-13(4-7-17)19(22(26)27)11-18-10-15-9-14(21(24)25)5-8-20(15)29-18;;/h3-10,16,19H,2,11-12,23H2,1H3,(H3,24,25)(H,26,27);2*1H/t16-,19?;;/m0../s1. The van der Waals surface area contributed by atoms with Crippen LogP contribution in [0.4, 0.5) is 0 Å². The lowest BCUT2D eigenvalue weighted by atomic mass is 9.94. The molecule has 1 aromatic heterocycles. The molecule has 0 saturated heterocycles. The molecule has 0 spiro atoms. The van der Waals surface area contributed by atoms with Gasteiger partial charge in [-0.1, -0.05) is 19.1 Å². The van der Waals surface area contributed by atoms with Gasteiger partial charge in [0.05, 0.1) is 5.92 Å². The van der Waals surface area contributed by atoms with E-state index in [0.717, 1.165) is 11.8 Å². The number of benzene rings is 2. The van der Waals surface area contributed by atoms with Crippen molar-refractivity contribution in [1.82, 2.24) is 0 Å². The lowest BCUT2D eigenvalue weighted by molar-refractivity contribution is -0.138. The van der Waals surface area contributed by atoms with Crippen LogP contribution in [0.2, 0.25) is 0 Å². The molecule has 2 atom stereocenters. The third-order valence-corrected chi connectivity index (χ3v) is 4.85. The Morgan fingerprint density at radius 3 is 2.42 bits per heavy atom. The number of ether oxygens (including phenoxy) is 1. The predicted octanol–water partition coefficient (Wildman–Crippen LogP) is 4.09. The molecule has 2 aromatic carbocycles. The molecular formula is C22H27Cl2N3O4. The van der Waals surface area contributed by atoms with Gasteiger partial charge >= 0.3 is 5.97 Å². The highest BCUT2D eigenvalue weighted by molar-refractivity contribution is 5.98. The second-order valence-electron chi connectivity index (χ2n) is 7.02. The summed E-state index contributed by atoms with van der Waals surface area (Å²) in [5.41, 5.74) is 13.3. The number of amidine groups is 1. The normalized spacial score (nSPS) is 12.3. The molecule has 3 rings (SSSR count). The SMILES string of the molecule is CC[C@H](N)COc1ccc(C(Cc2cc3cc(C(=N)N)ccc3o2)C(=O)O)cc1.Cl.Cl. The van der Waals surface area contributed by atoms with E-state index in [2.05, 4.69) is 0 Å². The number of carboxylic acids is 1. The first-order valence-electron chi connectivity index (χ1n) is 9.45. The van der Waals surface area contributed by atoms with Crippen molar-refractivity contribution in [3.05, 3.63) is 65.4 Å². The van der Waals surface area contributed by atoms with Gasteiger partial charge in [0.25, 0.3) is 0 Å². The van der Waals surface area contributed by atoms with Gasteiger partial charge in [-0.15, -0.1) is 24.8 Å². The number of hydrogen-bond donors (Lipinski definition) is 4. The number of aliphatic carboxylic acids is 1. The van der Waals surface area contributed by atoms with Crippen LogP contribution >= 0.6 is 24.8 Å². The number of fused-ring (bicyclic) bond motifs is 1. The van der Waals surface area contributed by atoms with Crippen molar-refractivity contribution in [2.75, 3.05) is 6.61 Å². The lowest BCUT2D eigenvalue weighted by Crippen LogP contribution is -2.26. The van der Waals surface area contributed by atoms with Gasteiger partial charge in [-0.2, -0.15) is 0 Å². The molecule has 31 heavy (non-hydrogen) atoms. The molecule has 0 aliphatic heterocycles. The quantitative estimate of drug-likeness (QED) is 0.276. The highest BCUT2D eigenvalue weighted by Crippen LogP contribution is 2.28. The molecular weight excluding hydrogens is 441 g/mol. The third-order valence-electron chi connectivity index (χ3n) is 4.85. The maximum atomic E-state index is 11.9. The van der Waals surface area contributed by atoms with E-state index in [1.165, 1.54) is 0 Å². The van der Waals surface area contributed by atoms with E-state index in [0.29, 0.717) is 34.8 Å². The topological polar surface area (TPSA) is 136 Å². The zero-order chi connectivity index (χ0) is 21.0. The fourth-order valence-electron chi connectivity index (χ4n) is 3.03. The summed E-state index contributed by atoms with van der Waals surface area (Å²) < 4.78 is 11.4. The number of furan rings is 1. The molecule has 1 heterocycles. The highest BCUT2D eigenvalue weighted by Gasteiger charge is 2.22. The number of halogens is 2. The molecule has 0 fully saturated rings. The molecule has 1 unspecified atom stereocenters. The molecule has 3 aromatic rings. The van der Waals surface area contributed by atoms with Crippen LogP contribution < -0.4 is 16.2 Å². The second-order valence-corrected chi connectivity index (χ2v) is 7.02. The highest BCUT2D eigenvalue weighted by atomic mass is 35.5. The molecule has 9 heteroatoms. The van der Waals surface area contributed by atoms with Crippen LogP contribution in [0.3, 0.4) is 0 Å². The Kier molecular flexibility index (Phi) is 9.84. The van der Waals surface area contributed by atoms with Crippen molar-refractivity contribution in [3.8, 4) is 5.75 Å². The minimum absolute atomic E-state index is 0. The smallest absolute Gasteiger partial charge is 0.311 e. The van der Waals surface area contributed by atoms with Gasteiger partial charge in [0.2, 0.25) is 0 Å². The van der Waals surface area contributed by atoms with Crippen molar-refractivity contribution < 1.29 is 19.1 Å². The fourth-order valence-corrected chi connectivity index (χ4v) is 3.03. The fraction of sp³-hybridized carbons (Fsp3) is 0.273. The van der Waals surface area contributed by atoms with Crippen molar-refractivity contribution in [2.45, 2.75) is 31.7 Å². The molecule has 0 saturated carbocycles. The van der Waals surface area contributed by atoms with E-state index in [4.69, 9.17) is 26.0 Å². The van der Waals surface area contributed by atoms with Crippen molar-refractivity contribution in [3.63, 3.8) is 0 Å². The van der Waals surface area contributed by atoms with E-state index >= 15 is 0 Å². The Hall–Kier alpha value is -2.74. The van der Waals surface area contributed by atoms with E-state index in [9.17, 15) is 9.90 Å². The lowest BCUT2D eigenvalue weighted by Gasteiger charge is -2.14. The third kappa shape index (κ3) is 6.62. The monoisotopic (exact) mass is 467 g/mol. The summed E-state index contributed by atoms with van der Waals surface area (Å²) in [4.78, 5) is 11.9. The number of nitrogen functional groups attached to an aromatic ring is 1. The minimum atomic E-state index is -0.934. The average Bonchev–Trinajstić information content (AvgIpc) is 3.12. The number of nitrogens with two attached hydrogens (primary N) is 2. The van der Waals surface area contributed by atoms with Crippen molar-refractivity contribution in [2.24, 2.45) is 11.5 Å². The molecule has 6 N–H and O–H groups in total. The Morgan fingerprint density at radius 2 is 1.84 bits per heavy atom. The Labute approximate surface area is 193 Å². The minimum Gasteiger partial charge on any atom is -0.492 e. The van der Waals surface area contributed by atoms with E-state index in [-0.39, 0.29) is 43.1 Å². The summed E-state index contributed by atoms with van der Waals surface area (Å²) in [5, 5.41) is 18.0. The number of hydrogen-bond acceptors (Lipinski definition) is 5.